The summed E-state index contributed by atoms with van der Waals surface area (Å²) in [5.74, 6) is 0. The number of allylic oxidation sites excluding steroid dienone is 4. The summed E-state index contributed by atoms with van der Waals surface area (Å²) < 4.78 is 0. The van der Waals surface area contributed by atoms with E-state index in [1.807, 2.05) is 67.5 Å². The van der Waals surface area contributed by atoms with Gasteiger partial charge in [-0.15, -0.1) is 6.42 Å². The van der Waals surface area contributed by atoms with E-state index >= 15 is 0 Å². The normalized spacial score (nSPS) is 9.85. The Balaban J connectivity index is -0.0000000700. The van der Waals surface area contributed by atoms with Crippen molar-refractivity contribution in [1.82, 2.24) is 0 Å². The Bertz CT molecular complexity index is 180. The second kappa shape index (κ2) is 49.8. The van der Waals surface area contributed by atoms with Gasteiger partial charge in [-0.05, 0) is 0 Å². The molecule has 0 bridgehead atoms. The van der Waals surface area contributed by atoms with E-state index < -0.39 is 0 Å². The third kappa shape index (κ3) is 75.3. The summed E-state index contributed by atoms with van der Waals surface area (Å²) in [5.41, 5.74) is 0. The zero-order chi connectivity index (χ0) is 20.0. The van der Waals surface area contributed by atoms with Crippen molar-refractivity contribution < 1.29 is 18.6 Å². The summed E-state index contributed by atoms with van der Waals surface area (Å²) in [6, 6.07) is 0. The number of hydrogen-bond donors (Lipinski definition) is 0. The number of hydrogen-bond acceptors (Lipinski definition) is 0. The Morgan fingerprint density at radius 3 is 0.885 bits per heavy atom. The fraction of sp³-hybridized carbons (Fsp3) is 0.810. The van der Waals surface area contributed by atoms with Gasteiger partial charge in [0.15, 0.2) is 0 Å². The Labute approximate surface area is 178 Å². The first-order valence-electron chi connectivity index (χ1n) is 9.90. The zero-order valence-corrected chi connectivity index (χ0v) is 20.2. The average Bonchev–Trinajstić information content (AvgIpc) is 3.19. The molecule has 26 heavy (non-hydrogen) atoms. The SMILES string of the molecule is CC[N-]CC.CC[N-]CC.CC[N-]CC.CC[N-]CC.[C-]1=CC=CC1.[V+4]. The van der Waals surface area contributed by atoms with E-state index in [2.05, 4.69) is 33.4 Å². The fourth-order valence-corrected chi connectivity index (χ4v) is 1.23. The summed E-state index contributed by atoms with van der Waals surface area (Å²) in [4.78, 5) is 0. The molecule has 0 saturated heterocycles. The average molecular weight is 405 g/mol. The van der Waals surface area contributed by atoms with Crippen molar-refractivity contribution in [3.63, 3.8) is 0 Å². The molecular weight excluding hydrogens is 359 g/mol. The third-order valence-corrected chi connectivity index (χ3v) is 2.37. The van der Waals surface area contributed by atoms with Gasteiger partial charge in [-0.3, -0.25) is 6.08 Å². The molecule has 0 N–H and O–H groups in total. The fourth-order valence-electron chi connectivity index (χ4n) is 1.23. The van der Waals surface area contributed by atoms with Gasteiger partial charge in [0.1, 0.15) is 0 Å². The molecule has 1 aliphatic rings. The zero-order valence-electron chi connectivity index (χ0n) is 18.8. The van der Waals surface area contributed by atoms with Gasteiger partial charge in [-0.25, -0.2) is 12.2 Å². The molecule has 0 atom stereocenters. The molecule has 4 nitrogen and oxygen atoms in total. The molecule has 0 aromatic rings. The van der Waals surface area contributed by atoms with E-state index in [0.717, 1.165) is 58.8 Å². The van der Waals surface area contributed by atoms with Gasteiger partial charge in [0, 0.05) is 0 Å². The van der Waals surface area contributed by atoms with Gasteiger partial charge >= 0.3 is 18.6 Å². The first-order valence-corrected chi connectivity index (χ1v) is 9.90. The molecule has 0 aromatic carbocycles. The van der Waals surface area contributed by atoms with E-state index in [4.69, 9.17) is 0 Å². The van der Waals surface area contributed by atoms with Crippen LogP contribution in [0.2, 0.25) is 0 Å². The second-order valence-corrected chi connectivity index (χ2v) is 4.43. The number of nitrogens with zero attached hydrogens (tertiary/aromatic N) is 4. The molecule has 0 unspecified atom stereocenters. The quantitative estimate of drug-likeness (QED) is 0.395. The second-order valence-electron chi connectivity index (χ2n) is 4.43. The van der Waals surface area contributed by atoms with Crippen molar-refractivity contribution in [2.24, 2.45) is 0 Å². The van der Waals surface area contributed by atoms with Crippen LogP contribution < -0.4 is 0 Å². The van der Waals surface area contributed by atoms with Crippen molar-refractivity contribution in [2.75, 3.05) is 52.4 Å². The topological polar surface area (TPSA) is 56.4 Å². The molecule has 0 aromatic heterocycles. The van der Waals surface area contributed by atoms with Crippen LogP contribution in [-0.2, 0) is 18.6 Å². The molecular formula is C21H45N4V-. The van der Waals surface area contributed by atoms with E-state index in [9.17, 15) is 0 Å². The van der Waals surface area contributed by atoms with Crippen molar-refractivity contribution in [2.45, 2.75) is 61.8 Å². The standard InChI is InChI=1S/C5H5.4C4H10N.V/c1-2-4-5-3-1;4*1-3-5-4-2;/h1-3H,4H2;4*3-4H2,1-2H3;/q5*-1;+4. The van der Waals surface area contributed by atoms with E-state index in [0.29, 0.717) is 0 Å². The summed E-state index contributed by atoms with van der Waals surface area (Å²) in [5, 5.41) is 15.9. The molecule has 1 rings (SSSR count). The van der Waals surface area contributed by atoms with Crippen LogP contribution in [0.4, 0.5) is 0 Å². The summed E-state index contributed by atoms with van der Waals surface area (Å²) >= 11 is 0. The van der Waals surface area contributed by atoms with Crippen LogP contribution >= 0.6 is 0 Å². The summed E-state index contributed by atoms with van der Waals surface area (Å²) in [6.45, 7) is 24.1. The molecule has 0 aliphatic heterocycles. The molecule has 1 aliphatic carbocycles. The maximum absolute atomic E-state index is 3.97. The van der Waals surface area contributed by atoms with Gasteiger partial charge < -0.3 is 21.3 Å². The molecule has 0 amide bonds. The first-order chi connectivity index (χ1) is 12.2. The Morgan fingerprint density at radius 2 is 0.846 bits per heavy atom. The monoisotopic (exact) mass is 404 g/mol. The minimum atomic E-state index is 0. The van der Waals surface area contributed by atoms with Gasteiger partial charge in [0.25, 0.3) is 0 Å². The van der Waals surface area contributed by atoms with Gasteiger partial charge in [-0.1, -0.05) is 55.4 Å². The van der Waals surface area contributed by atoms with Crippen LogP contribution in [0.3, 0.4) is 0 Å². The van der Waals surface area contributed by atoms with Gasteiger partial charge in [0.05, 0.1) is 0 Å². The van der Waals surface area contributed by atoms with Crippen LogP contribution in [0, 0.1) is 6.08 Å². The Kier molecular flexibility index (Phi) is 70.4. The molecule has 0 heterocycles. The largest absolute Gasteiger partial charge is 4.00 e. The summed E-state index contributed by atoms with van der Waals surface area (Å²) in [6.07, 6.45) is 10.0. The first kappa shape index (κ1) is 36.8. The molecule has 155 valence electrons. The molecule has 0 saturated carbocycles. The molecule has 0 fully saturated rings. The van der Waals surface area contributed by atoms with Crippen LogP contribution in [0.1, 0.15) is 61.8 Å². The van der Waals surface area contributed by atoms with E-state index in [1.165, 1.54) is 0 Å². The predicted octanol–water partition coefficient (Wildman–Crippen LogP) is 6.90. The van der Waals surface area contributed by atoms with Crippen LogP contribution in [0.15, 0.2) is 18.2 Å². The predicted molar refractivity (Wildman–Crippen MR) is 119 cm³/mol. The van der Waals surface area contributed by atoms with Crippen LogP contribution in [0.5, 0.6) is 0 Å². The van der Waals surface area contributed by atoms with Crippen molar-refractivity contribution in [1.29, 1.82) is 0 Å². The minimum Gasteiger partial charge on any atom is -0.663 e. The van der Waals surface area contributed by atoms with E-state index in [-0.39, 0.29) is 18.6 Å². The van der Waals surface area contributed by atoms with Gasteiger partial charge in [-0.2, -0.15) is 58.4 Å². The van der Waals surface area contributed by atoms with Crippen LogP contribution in [-0.4, -0.2) is 52.4 Å². The molecule has 0 spiro atoms. The molecule has 1 radical (unpaired) electrons. The third-order valence-electron chi connectivity index (χ3n) is 2.37. The minimum absolute atomic E-state index is 0. The Morgan fingerprint density at radius 1 is 0.577 bits per heavy atom. The van der Waals surface area contributed by atoms with Crippen LogP contribution in [0.25, 0.3) is 21.3 Å². The van der Waals surface area contributed by atoms with Gasteiger partial charge in [0.2, 0.25) is 0 Å². The maximum atomic E-state index is 3.97. The van der Waals surface area contributed by atoms with E-state index in [1.54, 1.807) is 0 Å². The van der Waals surface area contributed by atoms with Crippen molar-refractivity contribution >= 4 is 0 Å². The number of rotatable bonds is 8. The Hall–Kier alpha value is -0.0956. The van der Waals surface area contributed by atoms with Crippen molar-refractivity contribution in [3.8, 4) is 0 Å². The smallest absolute Gasteiger partial charge is 0.663 e. The van der Waals surface area contributed by atoms with Crippen molar-refractivity contribution in [3.05, 3.63) is 45.6 Å². The molecule has 5 heteroatoms. The summed E-state index contributed by atoms with van der Waals surface area (Å²) in [7, 11) is 0. The maximum Gasteiger partial charge on any atom is 4.00 e.